The average molecular weight is 212 g/mol. The van der Waals surface area contributed by atoms with Gasteiger partial charge in [0.25, 0.3) is 0 Å². The van der Waals surface area contributed by atoms with Gasteiger partial charge in [0.05, 0.1) is 6.10 Å². The first kappa shape index (κ1) is 11.4. The summed E-state index contributed by atoms with van der Waals surface area (Å²) in [7, 11) is 0. The molecule has 1 N–H and O–H groups in total. The average Bonchev–Trinajstić information content (AvgIpc) is 2.58. The van der Waals surface area contributed by atoms with E-state index in [1.165, 1.54) is 19.3 Å². The van der Waals surface area contributed by atoms with Crippen molar-refractivity contribution < 1.29 is 9.84 Å². The molecule has 1 aliphatic heterocycles. The van der Waals surface area contributed by atoms with Gasteiger partial charge in [0.2, 0.25) is 0 Å². The third-order valence-corrected chi connectivity index (χ3v) is 4.50. The van der Waals surface area contributed by atoms with E-state index in [9.17, 15) is 5.11 Å². The van der Waals surface area contributed by atoms with Crippen molar-refractivity contribution in [2.45, 2.75) is 52.1 Å². The zero-order valence-corrected chi connectivity index (χ0v) is 10.0. The van der Waals surface area contributed by atoms with Gasteiger partial charge in [-0.2, -0.15) is 0 Å². The van der Waals surface area contributed by atoms with Crippen LogP contribution >= 0.6 is 0 Å². The van der Waals surface area contributed by atoms with Crippen molar-refractivity contribution in [2.75, 3.05) is 13.2 Å². The lowest BCUT2D eigenvalue weighted by atomic mass is 9.73. The van der Waals surface area contributed by atoms with Gasteiger partial charge in [-0.05, 0) is 42.9 Å². The van der Waals surface area contributed by atoms with Gasteiger partial charge in [0, 0.05) is 13.2 Å². The van der Waals surface area contributed by atoms with E-state index in [4.69, 9.17) is 4.74 Å². The number of ether oxygens (including phenoxy) is 1. The molecule has 2 rings (SSSR count). The first-order valence-electron chi connectivity index (χ1n) is 6.37. The van der Waals surface area contributed by atoms with Crippen LogP contribution in [0.1, 0.15) is 46.0 Å². The summed E-state index contributed by atoms with van der Waals surface area (Å²) < 4.78 is 5.35. The molecule has 0 radical (unpaired) electrons. The molecule has 1 heterocycles. The van der Waals surface area contributed by atoms with Crippen molar-refractivity contribution in [3.05, 3.63) is 0 Å². The topological polar surface area (TPSA) is 29.5 Å². The first-order chi connectivity index (χ1) is 7.11. The fourth-order valence-corrected chi connectivity index (χ4v) is 3.37. The van der Waals surface area contributed by atoms with Crippen molar-refractivity contribution in [3.63, 3.8) is 0 Å². The van der Waals surface area contributed by atoms with Gasteiger partial charge in [0.15, 0.2) is 0 Å². The molecule has 2 unspecified atom stereocenters. The van der Waals surface area contributed by atoms with E-state index in [1.54, 1.807) is 0 Å². The molecule has 0 amide bonds. The summed E-state index contributed by atoms with van der Waals surface area (Å²) in [6.07, 6.45) is 5.79. The summed E-state index contributed by atoms with van der Waals surface area (Å²) in [5.74, 6) is 1.00. The van der Waals surface area contributed by atoms with Crippen molar-refractivity contribution in [1.29, 1.82) is 0 Å². The largest absolute Gasteiger partial charge is 0.393 e. The normalized spacial score (nSPS) is 34.2. The molecule has 1 aliphatic carbocycles. The molecule has 0 spiro atoms. The summed E-state index contributed by atoms with van der Waals surface area (Å²) in [6.45, 7) is 6.31. The van der Waals surface area contributed by atoms with Gasteiger partial charge in [-0.15, -0.1) is 0 Å². The summed E-state index contributed by atoms with van der Waals surface area (Å²) in [4.78, 5) is 0. The second kappa shape index (κ2) is 4.42. The molecule has 0 aromatic heterocycles. The number of aliphatic hydroxyl groups excluding tert-OH is 1. The van der Waals surface area contributed by atoms with E-state index in [1.807, 2.05) is 0 Å². The van der Waals surface area contributed by atoms with Gasteiger partial charge in [0.1, 0.15) is 0 Å². The Morgan fingerprint density at radius 1 is 1.20 bits per heavy atom. The molecular formula is C13H24O2. The van der Waals surface area contributed by atoms with Crippen LogP contribution in [-0.2, 0) is 4.74 Å². The Labute approximate surface area is 93.0 Å². The summed E-state index contributed by atoms with van der Waals surface area (Å²) in [5, 5.41) is 10.5. The minimum Gasteiger partial charge on any atom is -0.393 e. The second-order valence-corrected chi connectivity index (χ2v) is 5.93. The zero-order valence-electron chi connectivity index (χ0n) is 10.0. The molecule has 1 saturated heterocycles. The molecule has 15 heavy (non-hydrogen) atoms. The van der Waals surface area contributed by atoms with Crippen molar-refractivity contribution in [3.8, 4) is 0 Å². The molecule has 2 heteroatoms. The van der Waals surface area contributed by atoms with Gasteiger partial charge >= 0.3 is 0 Å². The lowest BCUT2D eigenvalue weighted by Gasteiger charge is -2.37. The Morgan fingerprint density at radius 3 is 2.40 bits per heavy atom. The molecule has 2 aliphatic rings. The molecule has 2 nitrogen and oxygen atoms in total. The molecule has 88 valence electrons. The molecule has 0 bridgehead atoms. The van der Waals surface area contributed by atoms with Crippen LogP contribution < -0.4 is 0 Å². The van der Waals surface area contributed by atoms with E-state index in [-0.39, 0.29) is 6.10 Å². The van der Waals surface area contributed by atoms with E-state index < -0.39 is 0 Å². The predicted octanol–water partition coefficient (Wildman–Crippen LogP) is 2.60. The second-order valence-electron chi connectivity index (χ2n) is 5.93. The summed E-state index contributed by atoms with van der Waals surface area (Å²) in [5.41, 5.74) is 0.345. The maximum absolute atomic E-state index is 10.5. The quantitative estimate of drug-likeness (QED) is 0.762. The smallest absolute Gasteiger partial charge is 0.0603 e. The van der Waals surface area contributed by atoms with Crippen LogP contribution in [0.4, 0.5) is 0 Å². The Morgan fingerprint density at radius 2 is 1.87 bits per heavy atom. The number of rotatable bonds is 2. The maximum Gasteiger partial charge on any atom is 0.0603 e. The van der Waals surface area contributed by atoms with Crippen LogP contribution in [0.2, 0.25) is 0 Å². The Bertz CT molecular complexity index is 207. The lowest BCUT2D eigenvalue weighted by molar-refractivity contribution is -0.0382. The highest BCUT2D eigenvalue weighted by Crippen LogP contribution is 2.46. The van der Waals surface area contributed by atoms with E-state index in [2.05, 4.69) is 13.8 Å². The van der Waals surface area contributed by atoms with Crippen molar-refractivity contribution in [2.24, 2.45) is 17.3 Å². The van der Waals surface area contributed by atoms with Crippen LogP contribution in [0.3, 0.4) is 0 Å². The van der Waals surface area contributed by atoms with Gasteiger partial charge in [-0.1, -0.05) is 20.3 Å². The van der Waals surface area contributed by atoms with Crippen LogP contribution in [0.25, 0.3) is 0 Å². The van der Waals surface area contributed by atoms with Crippen LogP contribution in [0.15, 0.2) is 0 Å². The highest BCUT2D eigenvalue weighted by molar-refractivity contribution is 4.91. The fraction of sp³-hybridized carbons (Fsp3) is 1.00. The highest BCUT2D eigenvalue weighted by atomic mass is 16.5. The Hall–Kier alpha value is -0.0800. The number of hydrogen-bond acceptors (Lipinski definition) is 2. The van der Waals surface area contributed by atoms with Gasteiger partial charge in [-0.3, -0.25) is 0 Å². The third kappa shape index (κ3) is 2.36. The van der Waals surface area contributed by atoms with E-state index >= 15 is 0 Å². The number of aliphatic hydroxyl groups is 1. The monoisotopic (exact) mass is 212 g/mol. The lowest BCUT2D eigenvalue weighted by Crippen LogP contribution is -2.37. The minimum atomic E-state index is -0.0913. The van der Waals surface area contributed by atoms with Crippen LogP contribution in [0.5, 0.6) is 0 Å². The Balaban J connectivity index is 1.96. The molecule has 0 aromatic rings. The SMILES string of the molecule is CC1(C)CCCC1C(O)C1CCOCC1. The van der Waals surface area contributed by atoms with Gasteiger partial charge in [-0.25, -0.2) is 0 Å². The molecule has 0 aromatic carbocycles. The maximum atomic E-state index is 10.5. The van der Waals surface area contributed by atoms with Crippen molar-refractivity contribution >= 4 is 0 Å². The predicted molar refractivity (Wildman–Crippen MR) is 60.7 cm³/mol. The van der Waals surface area contributed by atoms with E-state index in [0.717, 1.165) is 26.1 Å². The zero-order chi connectivity index (χ0) is 10.9. The molecule has 2 atom stereocenters. The van der Waals surface area contributed by atoms with Crippen LogP contribution in [-0.4, -0.2) is 24.4 Å². The standard InChI is InChI=1S/C13H24O2/c1-13(2)7-3-4-11(13)12(14)10-5-8-15-9-6-10/h10-12,14H,3-9H2,1-2H3. The Kier molecular flexibility index (Phi) is 3.36. The van der Waals surface area contributed by atoms with E-state index in [0.29, 0.717) is 17.3 Å². The number of hydrogen-bond donors (Lipinski definition) is 1. The third-order valence-electron chi connectivity index (χ3n) is 4.50. The highest BCUT2D eigenvalue weighted by Gasteiger charge is 2.41. The van der Waals surface area contributed by atoms with Crippen LogP contribution in [0, 0.1) is 17.3 Å². The minimum absolute atomic E-state index is 0.0913. The summed E-state index contributed by atoms with van der Waals surface area (Å²) >= 11 is 0. The fourth-order valence-electron chi connectivity index (χ4n) is 3.37. The first-order valence-corrected chi connectivity index (χ1v) is 6.37. The van der Waals surface area contributed by atoms with Crippen molar-refractivity contribution in [1.82, 2.24) is 0 Å². The summed E-state index contributed by atoms with van der Waals surface area (Å²) in [6, 6.07) is 0. The van der Waals surface area contributed by atoms with Gasteiger partial charge < -0.3 is 9.84 Å². The molecule has 1 saturated carbocycles. The molecular weight excluding hydrogens is 188 g/mol. The molecule has 2 fully saturated rings.